The number of ether oxygens (including phenoxy) is 1. The third kappa shape index (κ3) is 3.64. The van der Waals surface area contributed by atoms with Crippen LogP contribution in [0.15, 0.2) is 42.7 Å². The van der Waals surface area contributed by atoms with E-state index in [0.717, 1.165) is 31.6 Å². The molecule has 0 amide bonds. The Morgan fingerprint density at radius 2 is 2.19 bits per heavy atom. The second-order valence-corrected chi connectivity index (χ2v) is 5.64. The summed E-state index contributed by atoms with van der Waals surface area (Å²) in [5.74, 6) is 0. The molecule has 2 unspecified atom stereocenters. The lowest BCUT2D eigenvalue weighted by Gasteiger charge is -2.30. The minimum absolute atomic E-state index is 0.421. The third-order valence-electron chi connectivity index (χ3n) is 3.98. The fraction of sp³-hybridized carbons (Fsp3) is 0.471. The summed E-state index contributed by atoms with van der Waals surface area (Å²) in [6.07, 6.45) is 8.71. The zero-order chi connectivity index (χ0) is 14.5. The average Bonchev–Trinajstić information content (AvgIpc) is 3.03. The molecule has 2 aromatic rings. The molecule has 3 rings (SSSR count). The molecule has 21 heavy (non-hydrogen) atoms. The second kappa shape index (κ2) is 6.76. The molecule has 1 aromatic heterocycles. The van der Waals surface area contributed by atoms with Crippen LogP contribution in [0, 0.1) is 0 Å². The van der Waals surface area contributed by atoms with Gasteiger partial charge in [0.15, 0.2) is 0 Å². The number of nitrogens with one attached hydrogen (secondary N) is 1. The van der Waals surface area contributed by atoms with Gasteiger partial charge in [0.2, 0.25) is 0 Å². The maximum Gasteiger partial charge on any atom is 0.0647 e. The van der Waals surface area contributed by atoms with E-state index in [2.05, 4.69) is 41.6 Å². The largest absolute Gasteiger partial charge is 0.382 e. The summed E-state index contributed by atoms with van der Waals surface area (Å²) in [6.45, 7) is 3.09. The summed E-state index contributed by atoms with van der Waals surface area (Å²) in [5.41, 5.74) is 2.26. The van der Waals surface area contributed by atoms with Gasteiger partial charge in [-0.1, -0.05) is 13.3 Å². The number of hydrogen-bond donors (Lipinski definition) is 1. The van der Waals surface area contributed by atoms with Crippen molar-refractivity contribution >= 4 is 5.69 Å². The normalized spacial score (nSPS) is 22.1. The number of hydrogen-bond acceptors (Lipinski definition) is 3. The number of rotatable bonds is 5. The van der Waals surface area contributed by atoms with Crippen LogP contribution in [-0.2, 0) is 4.74 Å². The van der Waals surface area contributed by atoms with Crippen molar-refractivity contribution in [2.24, 2.45) is 0 Å². The molecule has 2 heterocycles. The van der Waals surface area contributed by atoms with Gasteiger partial charge in [0.25, 0.3) is 0 Å². The monoisotopic (exact) mass is 285 g/mol. The van der Waals surface area contributed by atoms with E-state index in [0.29, 0.717) is 12.1 Å². The van der Waals surface area contributed by atoms with Gasteiger partial charge in [-0.2, -0.15) is 5.10 Å². The molecule has 4 nitrogen and oxygen atoms in total. The Bertz CT molecular complexity index is 534. The van der Waals surface area contributed by atoms with Crippen molar-refractivity contribution in [1.82, 2.24) is 9.78 Å². The van der Waals surface area contributed by atoms with Crippen molar-refractivity contribution in [3.8, 4) is 5.69 Å². The summed E-state index contributed by atoms with van der Waals surface area (Å²) in [6, 6.07) is 10.9. The first-order chi connectivity index (χ1) is 10.3. The molecule has 0 saturated carbocycles. The van der Waals surface area contributed by atoms with E-state index < -0.39 is 0 Å². The minimum Gasteiger partial charge on any atom is -0.382 e. The third-order valence-corrected chi connectivity index (χ3v) is 3.98. The summed E-state index contributed by atoms with van der Waals surface area (Å²) in [4.78, 5) is 0. The van der Waals surface area contributed by atoms with E-state index in [9.17, 15) is 0 Å². The van der Waals surface area contributed by atoms with E-state index in [-0.39, 0.29) is 0 Å². The van der Waals surface area contributed by atoms with Crippen LogP contribution in [0.5, 0.6) is 0 Å². The number of anilines is 1. The molecular formula is C17H23N3O. The van der Waals surface area contributed by atoms with E-state index >= 15 is 0 Å². The van der Waals surface area contributed by atoms with Crippen molar-refractivity contribution in [3.05, 3.63) is 42.7 Å². The molecule has 112 valence electrons. The summed E-state index contributed by atoms with van der Waals surface area (Å²) in [7, 11) is 0. The Hall–Kier alpha value is -1.81. The molecule has 2 atom stereocenters. The molecule has 1 aliphatic heterocycles. The van der Waals surface area contributed by atoms with E-state index in [1.165, 1.54) is 12.1 Å². The van der Waals surface area contributed by atoms with Crippen LogP contribution in [0.25, 0.3) is 5.69 Å². The zero-order valence-electron chi connectivity index (χ0n) is 12.5. The minimum atomic E-state index is 0.421. The Balaban J connectivity index is 1.60. The quantitative estimate of drug-likeness (QED) is 0.911. The maximum absolute atomic E-state index is 5.80. The van der Waals surface area contributed by atoms with Gasteiger partial charge in [0.1, 0.15) is 0 Å². The first kappa shape index (κ1) is 14.1. The number of benzene rings is 1. The average molecular weight is 285 g/mol. The van der Waals surface area contributed by atoms with Gasteiger partial charge in [-0.25, -0.2) is 4.68 Å². The highest BCUT2D eigenvalue weighted by molar-refractivity contribution is 5.49. The summed E-state index contributed by atoms with van der Waals surface area (Å²) >= 11 is 0. The summed E-state index contributed by atoms with van der Waals surface area (Å²) in [5, 5.41) is 7.87. The van der Waals surface area contributed by atoms with Gasteiger partial charge in [-0.05, 0) is 49.6 Å². The van der Waals surface area contributed by atoms with Crippen molar-refractivity contribution in [3.63, 3.8) is 0 Å². The maximum atomic E-state index is 5.80. The first-order valence-corrected chi connectivity index (χ1v) is 7.83. The fourth-order valence-electron chi connectivity index (χ4n) is 2.90. The fourth-order valence-corrected chi connectivity index (χ4v) is 2.90. The number of nitrogens with zero attached hydrogens (tertiary/aromatic N) is 2. The molecule has 1 N–H and O–H groups in total. The highest BCUT2D eigenvalue weighted by Gasteiger charge is 2.21. The molecule has 1 aromatic carbocycles. The van der Waals surface area contributed by atoms with E-state index in [1.807, 2.05) is 16.9 Å². The SMILES string of the molecule is CCCC1CC(Nc2ccc(-n3cccn3)cc2)CCO1. The Morgan fingerprint density at radius 1 is 1.33 bits per heavy atom. The van der Waals surface area contributed by atoms with Crippen molar-refractivity contribution < 1.29 is 4.74 Å². The highest BCUT2D eigenvalue weighted by atomic mass is 16.5. The van der Waals surface area contributed by atoms with Crippen molar-refractivity contribution in [1.29, 1.82) is 0 Å². The van der Waals surface area contributed by atoms with E-state index in [1.54, 1.807) is 6.20 Å². The van der Waals surface area contributed by atoms with Crippen molar-refractivity contribution in [2.75, 3.05) is 11.9 Å². The molecular weight excluding hydrogens is 262 g/mol. The first-order valence-electron chi connectivity index (χ1n) is 7.83. The van der Waals surface area contributed by atoms with Crippen LogP contribution in [0.4, 0.5) is 5.69 Å². The Labute approximate surface area is 126 Å². The van der Waals surface area contributed by atoms with Gasteiger partial charge in [0, 0.05) is 30.7 Å². The lowest BCUT2D eigenvalue weighted by atomic mass is 10.00. The smallest absolute Gasteiger partial charge is 0.0647 e. The van der Waals surface area contributed by atoms with Crippen LogP contribution in [0.2, 0.25) is 0 Å². The Morgan fingerprint density at radius 3 is 2.90 bits per heavy atom. The standard InChI is InChI=1S/C17H23N3O/c1-2-4-17-13-15(9-12-21-17)19-14-5-7-16(8-6-14)20-11-3-10-18-20/h3,5-8,10-11,15,17,19H,2,4,9,12-13H2,1H3. The Kier molecular flexibility index (Phi) is 4.55. The molecule has 1 aliphatic rings. The van der Waals surface area contributed by atoms with Gasteiger partial charge >= 0.3 is 0 Å². The lowest BCUT2D eigenvalue weighted by Crippen LogP contribution is -2.33. The van der Waals surface area contributed by atoms with Gasteiger partial charge < -0.3 is 10.1 Å². The van der Waals surface area contributed by atoms with Crippen molar-refractivity contribution in [2.45, 2.75) is 44.8 Å². The molecule has 1 fully saturated rings. The lowest BCUT2D eigenvalue weighted by molar-refractivity contribution is 0.00598. The van der Waals surface area contributed by atoms with Crippen LogP contribution in [0.3, 0.4) is 0 Å². The van der Waals surface area contributed by atoms with Crippen LogP contribution >= 0.6 is 0 Å². The number of aromatic nitrogens is 2. The zero-order valence-corrected chi connectivity index (χ0v) is 12.5. The van der Waals surface area contributed by atoms with E-state index in [4.69, 9.17) is 4.74 Å². The van der Waals surface area contributed by atoms with Gasteiger partial charge in [-0.3, -0.25) is 0 Å². The predicted octanol–water partition coefficient (Wildman–Crippen LogP) is 3.63. The topological polar surface area (TPSA) is 39.1 Å². The highest BCUT2D eigenvalue weighted by Crippen LogP contribution is 2.22. The summed E-state index contributed by atoms with van der Waals surface area (Å²) < 4.78 is 7.67. The molecule has 0 spiro atoms. The molecule has 1 saturated heterocycles. The van der Waals surface area contributed by atoms with Crippen LogP contribution in [0.1, 0.15) is 32.6 Å². The van der Waals surface area contributed by atoms with Gasteiger partial charge in [0.05, 0.1) is 11.8 Å². The van der Waals surface area contributed by atoms with Crippen LogP contribution in [-0.4, -0.2) is 28.5 Å². The second-order valence-electron chi connectivity index (χ2n) is 5.64. The molecule has 0 bridgehead atoms. The van der Waals surface area contributed by atoms with Crippen LogP contribution < -0.4 is 5.32 Å². The molecule has 0 radical (unpaired) electrons. The van der Waals surface area contributed by atoms with Gasteiger partial charge in [-0.15, -0.1) is 0 Å². The molecule has 0 aliphatic carbocycles. The predicted molar refractivity (Wildman–Crippen MR) is 84.9 cm³/mol. The molecule has 4 heteroatoms.